The summed E-state index contributed by atoms with van der Waals surface area (Å²) in [4.78, 5) is 0. The first-order valence-electron chi connectivity index (χ1n) is 8.72. The zero-order chi connectivity index (χ0) is 16.1. The van der Waals surface area contributed by atoms with E-state index in [4.69, 9.17) is 9.47 Å². The monoisotopic (exact) mass is 320 g/mol. The molecule has 2 rings (SSSR count). The number of hydrogen-bond donors (Lipinski definition) is 1. The Hall–Kier alpha value is -0.260. The van der Waals surface area contributed by atoms with Crippen LogP contribution in [-0.4, -0.2) is 49.0 Å². The van der Waals surface area contributed by atoms with Gasteiger partial charge in [-0.3, -0.25) is 0 Å². The molecule has 0 radical (unpaired) electrons. The van der Waals surface area contributed by atoms with Crippen LogP contribution in [0.2, 0.25) is 0 Å². The Morgan fingerprint density at radius 1 is 1.27 bits per heavy atom. The van der Waals surface area contributed by atoms with Gasteiger partial charge in [0, 0.05) is 13.2 Å². The highest BCUT2D eigenvalue weighted by Crippen LogP contribution is 2.38. The molecule has 3 nitrogen and oxygen atoms in total. The van der Waals surface area contributed by atoms with Gasteiger partial charge in [-0.05, 0) is 50.9 Å². The van der Waals surface area contributed by atoms with Crippen LogP contribution in [0.1, 0.15) is 52.4 Å². The Morgan fingerprint density at radius 3 is 2.73 bits per heavy atom. The first-order valence-corrected chi connectivity index (χ1v) is 8.72. The first-order chi connectivity index (χ1) is 10.5. The molecule has 1 aliphatic carbocycles. The van der Waals surface area contributed by atoms with Gasteiger partial charge in [-0.15, -0.1) is 0 Å². The minimum absolute atomic E-state index is 0.0818. The molecule has 22 heavy (non-hydrogen) atoms. The van der Waals surface area contributed by atoms with Crippen molar-refractivity contribution in [3.8, 4) is 0 Å². The summed E-state index contributed by atoms with van der Waals surface area (Å²) in [5.41, 5.74) is 0. The number of hydrogen-bond acceptors (Lipinski definition) is 3. The zero-order valence-corrected chi connectivity index (χ0v) is 13.7. The molecule has 1 heterocycles. The summed E-state index contributed by atoms with van der Waals surface area (Å²) in [7, 11) is 0. The highest BCUT2D eigenvalue weighted by atomic mass is 19.2. The van der Waals surface area contributed by atoms with Crippen LogP contribution in [0.5, 0.6) is 0 Å². The molecule has 0 amide bonds. The quantitative estimate of drug-likeness (QED) is 0.781. The second kappa shape index (κ2) is 8.55. The standard InChI is InChI=1S/C17H30F2O3/c1-3-12(7-6-11(2)20)10-22-14-9-13-5-4-8-21-17(13)16(19)15(14)18/h11-17,20H,3-10H2,1-2H3. The van der Waals surface area contributed by atoms with Gasteiger partial charge in [-0.25, -0.2) is 8.78 Å². The number of aliphatic hydroxyl groups is 1. The minimum Gasteiger partial charge on any atom is -0.393 e. The topological polar surface area (TPSA) is 38.7 Å². The van der Waals surface area contributed by atoms with Gasteiger partial charge < -0.3 is 14.6 Å². The van der Waals surface area contributed by atoms with Gasteiger partial charge >= 0.3 is 0 Å². The van der Waals surface area contributed by atoms with Crippen LogP contribution in [0.15, 0.2) is 0 Å². The van der Waals surface area contributed by atoms with Crippen LogP contribution in [0.25, 0.3) is 0 Å². The fraction of sp³-hybridized carbons (Fsp3) is 1.00. The van der Waals surface area contributed by atoms with E-state index in [1.807, 2.05) is 0 Å². The Labute approximate surface area is 132 Å². The van der Waals surface area contributed by atoms with Crippen molar-refractivity contribution in [2.24, 2.45) is 11.8 Å². The number of ether oxygens (including phenoxy) is 2. The maximum Gasteiger partial charge on any atom is 0.160 e. The Kier molecular flexibility index (Phi) is 7.03. The molecule has 0 bridgehead atoms. The largest absolute Gasteiger partial charge is 0.393 e. The van der Waals surface area contributed by atoms with Crippen LogP contribution in [0.4, 0.5) is 8.78 Å². The highest BCUT2D eigenvalue weighted by molar-refractivity contribution is 4.96. The number of rotatable bonds is 7. The van der Waals surface area contributed by atoms with Crippen LogP contribution in [0.3, 0.4) is 0 Å². The van der Waals surface area contributed by atoms with E-state index in [1.165, 1.54) is 0 Å². The third kappa shape index (κ3) is 4.62. The zero-order valence-electron chi connectivity index (χ0n) is 13.7. The van der Waals surface area contributed by atoms with Crippen molar-refractivity contribution in [2.75, 3.05) is 13.2 Å². The maximum absolute atomic E-state index is 14.3. The first kappa shape index (κ1) is 18.1. The van der Waals surface area contributed by atoms with Crippen molar-refractivity contribution in [1.29, 1.82) is 0 Å². The number of alkyl halides is 2. The van der Waals surface area contributed by atoms with Crippen molar-refractivity contribution < 1.29 is 23.4 Å². The molecule has 0 aromatic rings. The molecule has 1 saturated carbocycles. The van der Waals surface area contributed by atoms with E-state index in [-0.39, 0.29) is 12.0 Å². The highest BCUT2D eigenvalue weighted by Gasteiger charge is 2.48. The second-order valence-corrected chi connectivity index (χ2v) is 6.93. The summed E-state index contributed by atoms with van der Waals surface area (Å²) in [5.74, 6) is 0.374. The van der Waals surface area contributed by atoms with Crippen molar-refractivity contribution in [3.05, 3.63) is 0 Å². The van der Waals surface area contributed by atoms with Crippen LogP contribution >= 0.6 is 0 Å². The molecule has 7 atom stereocenters. The van der Waals surface area contributed by atoms with Gasteiger partial charge in [-0.1, -0.05) is 13.3 Å². The molecule has 1 N–H and O–H groups in total. The average molecular weight is 320 g/mol. The van der Waals surface area contributed by atoms with E-state index in [9.17, 15) is 13.9 Å². The van der Waals surface area contributed by atoms with Gasteiger partial charge in [-0.2, -0.15) is 0 Å². The van der Waals surface area contributed by atoms with E-state index in [0.717, 1.165) is 32.1 Å². The third-order valence-electron chi connectivity index (χ3n) is 5.12. The lowest BCUT2D eigenvalue weighted by molar-refractivity contribution is -0.162. The summed E-state index contributed by atoms with van der Waals surface area (Å²) in [5, 5.41) is 9.36. The summed E-state index contributed by atoms with van der Waals surface area (Å²) in [6.45, 7) is 4.81. The van der Waals surface area contributed by atoms with Gasteiger partial charge in [0.25, 0.3) is 0 Å². The molecule has 0 spiro atoms. The minimum atomic E-state index is -1.59. The van der Waals surface area contributed by atoms with Gasteiger partial charge in [0.05, 0.1) is 18.3 Å². The van der Waals surface area contributed by atoms with Gasteiger partial charge in [0.15, 0.2) is 12.3 Å². The number of halogens is 2. The molecular formula is C17H30F2O3. The Balaban J connectivity index is 1.83. The summed E-state index contributed by atoms with van der Waals surface area (Å²) >= 11 is 0. The van der Waals surface area contributed by atoms with Crippen molar-refractivity contribution in [2.45, 2.75) is 83.0 Å². The predicted molar refractivity (Wildman–Crippen MR) is 81.3 cm³/mol. The van der Waals surface area contributed by atoms with E-state index in [2.05, 4.69) is 6.92 Å². The van der Waals surface area contributed by atoms with Gasteiger partial charge in [0.1, 0.15) is 0 Å². The molecular weight excluding hydrogens is 290 g/mol. The smallest absolute Gasteiger partial charge is 0.160 e. The second-order valence-electron chi connectivity index (χ2n) is 6.93. The van der Waals surface area contributed by atoms with Crippen molar-refractivity contribution in [3.63, 3.8) is 0 Å². The molecule has 2 aliphatic rings. The molecule has 0 aromatic heterocycles. The van der Waals surface area contributed by atoms with Crippen LogP contribution < -0.4 is 0 Å². The number of fused-ring (bicyclic) bond motifs is 1. The SMILES string of the molecule is CCC(CCC(C)O)COC1CC2CCCOC2C(F)C1F. The predicted octanol–water partition coefficient (Wildman–Crippen LogP) is 3.43. The summed E-state index contributed by atoms with van der Waals surface area (Å²) < 4.78 is 39.6. The molecule has 2 fully saturated rings. The van der Waals surface area contributed by atoms with Crippen LogP contribution in [0, 0.1) is 11.8 Å². The Morgan fingerprint density at radius 2 is 2.05 bits per heavy atom. The molecule has 5 heteroatoms. The van der Waals surface area contributed by atoms with Crippen molar-refractivity contribution >= 4 is 0 Å². The lowest BCUT2D eigenvalue weighted by Gasteiger charge is -2.43. The van der Waals surface area contributed by atoms with E-state index < -0.39 is 24.6 Å². The molecule has 130 valence electrons. The lowest BCUT2D eigenvalue weighted by Crippen LogP contribution is -2.53. The van der Waals surface area contributed by atoms with E-state index in [1.54, 1.807) is 6.92 Å². The lowest BCUT2D eigenvalue weighted by atomic mass is 9.78. The summed E-state index contributed by atoms with van der Waals surface area (Å²) in [6.07, 6.45) is 0.147. The van der Waals surface area contributed by atoms with Gasteiger partial charge in [0.2, 0.25) is 0 Å². The van der Waals surface area contributed by atoms with Crippen molar-refractivity contribution in [1.82, 2.24) is 0 Å². The fourth-order valence-corrected chi connectivity index (χ4v) is 3.59. The maximum atomic E-state index is 14.3. The Bertz CT molecular complexity index is 325. The van der Waals surface area contributed by atoms with Crippen LogP contribution in [-0.2, 0) is 9.47 Å². The fourth-order valence-electron chi connectivity index (χ4n) is 3.59. The molecule has 0 aromatic carbocycles. The van der Waals surface area contributed by atoms with E-state index >= 15 is 0 Å². The molecule has 1 saturated heterocycles. The molecule has 7 unspecified atom stereocenters. The van der Waals surface area contributed by atoms with E-state index in [0.29, 0.717) is 25.6 Å². The number of aliphatic hydroxyl groups excluding tert-OH is 1. The summed E-state index contributed by atoms with van der Waals surface area (Å²) in [6, 6.07) is 0. The third-order valence-corrected chi connectivity index (χ3v) is 5.12. The molecule has 1 aliphatic heterocycles. The normalized spacial score (nSPS) is 38.3. The average Bonchev–Trinajstić information content (AvgIpc) is 2.51.